The first-order valence-corrected chi connectivity index (χ1v) is 6.28. The fourth-order valence-corrected chi connectivity index (χ4v) is 1.75. The van der Waals surface area contributed by atoms with Gasteiger partial charge in [-0.15, -0.1) is 0 Å². The maximum atomic E-state index is 5.48. The van der Waals surface area contributed by atoms with E-state index in [9.17, 15) is 0 Å². The van der Waals surface area contributed by atoms with E-state index in [2.05, 4.69) is 20.4 Å². The summed E-state index contributed by atoms with van der Waals surface area (Å²) in [5, 5.41) is 8.13. The lowest BCUT2D eigenvalue weighted by Gasteiger charge is -2.07. The Hall–Kier alpha value is -1.73. The number of aromatic nitrogens is 4. The molecule has 2 aromatic heterocycles. The number of nitrogens with one attached hydrogen (secondary N) is 1. The molecule has 0 bridgehead atoms. The van der Waals surface area contributed by atoms with E-state index in [0.717, 1.165) is 16.9 Å². The van der Waals surface area contributed by atoms with Crippen LogP contribution in [-0.2, 0) is 23.1 Å². The normalized spacial score (nSPS) is 11.1. The van der Waals surface area contributed by atoms with Crippen LogP contribution < -0.4 is 5.32 Å². The summed E-state index contributed by atoms with van der Waals surface area (Å²) >= 11 is 0. The van der Waals surface area contributed by atoms with Gasteiger partial charge in [0.1, 0.15) is 12.4 Å². The Morgan fingerprint density at radius 2 is 2.05 bits per heavy atom. The average molecular weight is 265 g/mol. The molecule has 0 fully saturated rings. The maximum Gasteiger partial charge on any atom is 0.163 e. The fourth-order valence-electron chi connectivity index (χ4n) is 1.75. The van der Waals surface area contributed by atoms with Crippen LogP contribution >= 0.6 is 0 Å². The van der Waals surface area contributed by atoms with Crippen molar-refractivity contribution in [1.29, 1.82) is 0 Å². The van der Waals surface area contributed by atoms with Gasteiger partial charge in [0.05, 0.1) is 24.8 Å². The Morgan fingerprint density at radius 3 is 2.79 bits per heavy atom. The summed E-state index contributed by atoms with van der Waals surface area (Å²) in [6.07, 6.45) is 1.75. The summed E-state index contributed by atoms with van der Waals surface area (Å²) in [6, 6.07) is 0. The molecule has 0 saturated carbocycles. The lowest BCUT2D eigenvalue weighted by atomic mass is 10.4. The van der Waals surface area contributed by atoms with E-state index in [0.29, 0.717) is 32.3 Å². The van der Waals surface area contributed by atoms with Crippen LogP contribution in [0.3, 0.4) is 0 Å². The molecular formula is C12H19N5O2. The molecule has 2 rings (SSSR count). The minimum atomic E-state index is 0.364. The topological polar surface area (TPSA) is 74.1 Å². The van der Waals surface area contributed by atoms with Gasteiger partial charge in [-0.05, 0) is 6.92 Å². The smallest absolute Gasteiger partial charge is 0.163 e. The molecule has 0 aliphatic rings. The van der Waals surface area contributed by atoms with Crippen molar-refractivity contribution in [2.24, 2.45) is 7.05 Å². The third-order valence-corrected chi connectivity index (χ3v) is 2.68. The first-order chi connectivity index (χ1) is 9.26. The summed E-state index contributed by atoms with van der Waals surface area (Å²) < 4.78 is 12.4. The SMILES string of the molecule is CCOCCOCc1nc(NC)c2cnn(C)c2n1. The summed E-state index contributed by atoms with van der Waals surface area (Å²) in [5.41, 5.74) is 0.794. The highest BCUT2D eigenvalue weighted by Crippen LogP contribution is 2.18. The quantitative estimate of drug-likeness (QED) is 0.752. The lowest BCUT2D eigenvalue weighted by molar-refractivity contribution is 0.0429. The molecular weight excluding hydrogens is 246 g/mol. The molecule has 19 heavy (non-hydrogen) atoms. The maximum absolute atomic E-state index is 5.48. The van der Waals surface area contributed by atoms with E-state index in [1.165, 1.54) is 0 Å². The number of hydrogen-bond donors (Lipinski definition) is 1. The van der Waals surface area contributed by atoms with E-state index >= 15 is 0 Å². The molecule has 104 valence electrons. The number of rotatable bonds is 7. The molecule has 0 aliphatic heterocycles. The summed E-state index contributed by atoms with van der Waals surface area (Å²) in [5.74, 6) is 1.40. The number of ether oxygens (including phenoxy) is 2. The van der Waals surface area contributed by atoms with Gasteiger partial charge in [-0.2, -0.15) is 5.10 Å². The predicted octanol–water partition coefficient (Wildman–Crippen LogP) is 0.958. The third kappa shape index (κ3) is 3.18. The molecule has 0 radical (unpaired) electrons. The molecule has 0 unspecified atom stereocenters. The highest BCUT2D eigenvalue weighted by atomic mass is 16.5. The Balaban J connectivity index is 2.08. The van der Waals surface area contributed by atoms with Crippen LogP contribution in [-0.4, -0.2) is 46.6 Å². The summed E-state index contributed by atoms with van der Waals surface area (Å²) in [4.78, 5) is 8.85. The zero-order valence-corrected chi connectivity index (χ0v) is 11.5. The van der Waals surface area contributed by atoms with E-state index in [4.69, 9.17) is 9.47 Å². The molecule has 0 saturated heterocycles. The molecule has 0 amide bonds. The molecule has 0 atom stereocenters. The first kappa shape index (κ1) is 13.7. The van der Waals surface area contributed by atoms with Gasteiger partial charge < -0.3 is 14.8 Å². The number of fused-ring (bicyclic) bond motifs is 1. The molecule has 2 heterocycles. The molecule has 7 nitrogen and oxygen atoms in total. The van der Waals surface area contributed by atoms with Crippen molar-refractivity contribution in [3.8, 4) is 0 Å². The molecule has 2 aromatic rings. The third-order valence-electron chi connectivity index (χ3n) is 2.68. The van der Waals surface area contributed by atoms with Gasteiger partial charge >= 0.3 is 0 Å². The summed E-state index contributed by atoms with van der Waals surface area (Å²) in [6.45, 7) is 4.14. The van der Waals surface area contributed by atoms with Crippen LogP contribution in [0, 0.1) is 0 Å². The Bertz CT molecular complexity index is 540. The minimum Gasteiger partial charge on any atom is -0.379 e. The van der Waals surface area contributed by atoms with E-state index < -0.39 is 0 Å². The number of hydrogen-bond acceptors (Lipinski definition) is 6. The van der Waals surface area contributed by atoms with Gasteiger partial charge in [-0.3, -0.25) is 4.68 Å². The molecule has 0 aliphatic carbocycles. The van der Waals surface area contributed by atoms with Crippen molar-refractivity contribution < 1.29 is 9.47 Å². The molecule has 0 aromatic carbocycles. The van der Waals surface area contributed by atoms with Crippen LogP contribution in [0.5, 0.6) is 0 Å². The van der Waals surface area contributed by atoms with Crippen LogP contribution in [0.4, 0.5) is 5.82 Å². The van der Waals surface area contributed by atoms with Crippen LogP contribution in [0.25, 0.3) is 11.0 Å². The second kappa shape index (κ2) is 6.44. The van der Waals surface area contributed by atoms with Crippen molar-refractivity contribution >= 4 is 16.9 Å². The molecule has 7 heteroatoms. The molecule has 0 spiro atoms. The second-order valence-electron chi connectivity index (χ2n) is 3.99. The number of aryl methyl sites for hydroxylation is 1. The van der Waals surface area contributed by atoms with Crippen LogP contribution in [0.1, 0.15) is 12.7 Å². The highest BCUT2D eigenvalue weighted by molar-refractivity contribution is 5.86. The molecule has 1 N–H and O–H groups in total. The zero-order chi connectivity index (χ0) is 13.7. The number of nitrogens with zero attached hydrogens (tertiary/aromatic N) is 4. The summed E-state index contributed by atoms with van der Waals surface area (Å²) in [7, 11) is 3.68. The van der Waals surface area contributed by atoms with E-state index in [1.54, 1.807) is 10.9 Å². The fraction of sp³-hybridized carbons (Fsp3) is 0.583. The second-order valence-corrected chi connectivity index (χ2v) is 3.99. The predicted molar refractivity (Wildman–Crippen MR) is 72.0 cm³/mol. The highest BCUT2D eigenvalue weighted by Gasteiger charge is 2.10. The van der Waals surface area contributed by atoms with Crippen molar-refractivity contribution in [2.45, 2.75) is 13.5 Å². The van der Waals surface area contributed by atoms with Gasteiger partial charge in [0.15, 0.2) is 11.5 Å². The zero-order valence-electron chi connectivity index (χ0n) is 11.5. The number of anilines is 1. The Morgan fingerprint density at radius 1 is 1.26 bits per heavy atom. The van der Waals surface area contributed by atoms with Gasteiger partial charge in [0.2, 0.25) is 0 Å². The largest absolute Gasteiger partial charge is 0.379 e. The monoisotopic (exact) mass is 265 g/mol. The van der Waals surface area contributed by atoms with Crippen LogP contribution in [0.2, 0.25) is 0 Å². The van der Waals surface area contributed by atoms with Crippen LogP contribution in [0.15, 0.2) is 6.20 Å². The van der Waals surface area contributed by atoms with E-state index in [-0.39, 0.29) is 0 Å². The van der Waals surface area contributed by atoms with Crippen molar-refractivity contribution in [2.75, 3.05) is 32.2 Å². The Kier molecular flexibility index (Phi) is 4.64. The van der Waals surface area contributed by atoms with Gasteiger partial charge in [0, 0.05) is 20.7 Å². The van der Waals surface area contributed by atoms with Crippen molar-refractivity contribution in [3.05, 3.63) is 12.0 Å². The standard InChI is InChI=1S/C12H19N5O2/c1-4-18-5-6-19-8-10-15-11(13-2)9-7-14-17(3)12(9)16-10/h7H,4-6,8H2,1-3H3,(H,13,15,16). The minimum absolute atomic E-state index is 0.364. The van der Waals surface area contributed by atoms with Gasteiger partial charge in [0.25, 0.3) is 0 Å². The average Bonchev–Trinajstić information content (AvgIpc) is 2.80. The van der Waals surface area contributed by atoms with Crippen molar-refractivity contribution in [3.63, 3.8) is 0 Å². The van der Waals surface area contributed by atoms with Gasteiger partial charge in [-0.1, -0.05) is 0 Å². The van der Waals surface area contributed by atoms with E-state index in [1.807, 2.05) is 21.0 Å². The van der Waals surface area contributed by atoms with Gasteiger partial charge in [-0.25, -0.2) is 9.97 Å². The van der Waals surface area contributed by atoms with Crippen molar-refractivity contribution in [1.82, 2.24) is 19.7 Å². The Labute approximate surface area is 111 Å². The lowest BCUT2D eigenvalue weighted by Crippen LogP contribution is -2.08. The first-order valence-electron chi connectivity index (χ1n) is 6.28.